The molecule has 1 amide bonds. The molecule has 4 heterocycles. The van der Waals surface area contributed by atoms with E-state index >= 15 is 0 Å². The maximum absolute atomic E-state index is 12.5. The predicted molar refractivity (Wildman–Crippen MR) is 98.5 cm³/mol. The van der Waals surface area contributed by atoms with Gasteiger partial charge in [0.05, 0.1) is 23.8 Å². The SMILES string of the molecule is O=C(c1cnc(NC[C@H]2CCc3nccn3C2)c(Cl)c1)N1CCOCC1. The highest BCUT2D eigenvalue weighted by Gasteiger charge is 2.21. The molecule has 0 aliphatic carbocycles. The molecule has 138 valence electrons. The Morgan fingerprint density at radius 2 is 2.19 bits per heavy atom. The lowest BCUT2D eigenvalue weighted by Gasteiger charge is -2.27. The maximum atomic E-state index is 12.5. The van der Waals surface area contributed by atoms with Gasteiger partial charge in [0.2, 0.25) is 0 Å². The number of rotatable bonds is 4. The van der Waals surface area contributed by atoms with E-state index in [-0.39, 0.29) is 5.91 Å². The molecule has 8 heteroatoms. The van der Waals surface area contributed by atoms with Crippen LogP contribution in [0.3, 0.4) is 0 Å². The molecule has 2 aliphatic rings. The Bertz CT molecular complexity index is 788. The molecular formula is C18H22ClN5O2. The number of nitrogens with zero attached hydrogens (tertiary/aromatic N) is 4. The van der Waals surface area contributed by atoms with Crippen molar-refractivity contribution in [2.24, 2.45) is 5.92 Å². The van der Waals surface area contributed by atoms with Gasteiger partial charge in [0.15, 0.2) is 0 Å². The van der Waals surface area contributed by atoms with Crippen LogP contribution < -0.4 is 5.32 Å². The molecule has 0 unspecified atom stereocenters. The molecule has 26 heavy (non-hydrogen) atoms. The number of carbonyl (C=O) groups excluding carboxylic acids is 1. The summed E-state index contributed by atoms with van der Waals surface area (Å²) in [6.45, 7) is 4.11. The minimum atomic E-state index is -0.0471. The second kappa shape index (κ2) is 7.63. The second-order valence-corrected chi connectivity index (χ2v) is 7.15. The van der Waals surface area contributed by atoms with Gasteiger partial charge < -0.3 is 19.5 Å². The Morgan fingerprint density at radius 3 is 3.00 bits per heavy atom. The van der Waals surface area contributed by atoms with E-state index in [9.17, 15) is 4.79 Å². The Morgan fingerprint density at radius 1 is 1.35 bits per heavy atom. The summed E-state index contributed by atoms with van der Waals surface area (Å²) in [5.41, 5.74) is 0.517. The van der Waals surface area contributed by atoms with Crippen molar-refractivity contribution >= 4 is 23.3 Å². The summed E-state index contributed by atoms with van der Waals surface area (Å²) in [7, 11) is 0. The van der Waals surface area contributed by atoms with Gasteiger partial charge in [-0.25, -0.2) is 9.97 Å². The number of halogens is 1. The zero-order valence-electron chi connectivity index (χ0n) is 14.5. The van der Waals surface area contributed by atoms with Gasteiger partial charge in [0.25, 0.3) is 5.91 Å². The fourth-order valence-electron chi connectivity index (χ4n) is 3.48. The highest BCUT2D eigenvalue weighted by Crippen LogP contribution is 2.24. The smallest absolute Gasteiger partial charge is 0.255 e. The van der Waals surface area contributed by atoms with Crippen molar-refractivity contribution in [3.63, 3.8) is 0 Å². The molecule has 1 fully saturated rings. The van der Waals surface area contributed by atoms with E-state index < -0.39 is 0 Å². The summed E-state index contributed by atoms with van der Waals surface area (Å²) in [6.07, 6.45) is 7.57. The number of amides is 1. The molecular weight excluding hydrogens is 354 g/mol. The van der Waals surface area contributed by atoms with Gasteiger partial charge in [-0.05, 0) is 18.4 Å². The Hall–Kier alpha value is -2.12. The minimum Gasteiger partial charge on any atom is -0.378 e. The first-order valence-electron chi connectivity index (χ1n) is 8.97. The van der Waals surface area contributed by atoms with Crippen LogP contribution >= 0.6 is 11.6 Å². The third-order valence-electron chi connectivity index (χ3n) is 4.98. The van der Waals surface area contributed by atoms with Gasteiger partial charge >= 0.3 is 0 Å². The molecule has 2 aliphatic heterocycles. The summed E-state index contributed by atoms with van der Waals surface area (Å²) in [6, 6.07) is 1.70. The van der Waals surface area contributed by atoms with Crippen LogP contribution in [0.15, 0.2) is 24.7 Å². The van der Waals surface area contributed by atoms with Crippen LogP contribution in [-0.2, 0) is 17.7 Å². The molecule has 0 saturated carbocycles. The third kappa shape index (κ3) is 3.68. The summed E-state index contributed by atoms with van der Waals surface area (Å²) in [5, 5.41) is 3.80. The monoisotopic (exact) mass is 375 g/mol. The zero-order valence-corrected chi connectivity index (χ0v) is 15.3. The van der Waals surface area contributed by atoms with Crippen LogP contribution in [0.5, 0.6) is 0 Å². The first kappa shape index (κ1) is 17.3. The molecule has 0 bridgehead atoms. The average molecular weight is 376 g/mol. The maximum Gasteiger partial charge on any atom is 0.255 e. The summed E-state index contributed by atoms with van der Waals surface area (Å²) >= 11 is 6.36. The number of hydrogen-bond acceptors (Lipinski definition) is 5. The van der Waals surface area contributed by atoms with E-state index in [4.69, 9.17) is 16.3 Å². The highest BCUT2D eigenvalue weighted by atomic mass is 35.5. The second-order valence-electron chi connectivity index (χ2n) is 6.74. The first-order chi connectivity index (χ1) is 12.7. The topological polar surface area (TPSA) is 72.3 Å². The molecule has 2 aromatic rings. The molecule has 0 aromatic carbocycles. The number of anilines is 1. The number of fused-ring (bicyclic) bond motifs is 1. The number of aryl methyl sites for hydroxylation is 1. The Balaban J connectivity index is 1.36. The van der Waals surface area contributed by atoms with Crippen LogP contribution in [0.1, 0.15) is 22.6 Å². The van der Waals surface area contributed by atoms with Gasteiger partial charge in [-0.15, -0.1) is 0 Å². The van der Waals surface area contributed by atoms with E-state index in [1.807, 2.05) is 12.4 Å². The third-order valence-corrected chi connectivity index (χ3v) is 5.27. The molecule has 1 atom stereocenters. The van der Waals surface area contributed by atoms with Gasteiger partial charge in [-0.3, -0.25) is 4.79 Å². The number of carbonyl (C=O) groups is 1. The lowest BCUT2D eigenvalue weighted by molar-refractivity contribution is 0.0302. The van der Waals surface area contributed by atoms with Crippen molar-refractivity contribution in [2.45, 2.75) is 19.4 Å². The molecule has 1 N–H and O–H groups in total. The van der Waals surface area contributed by atoms with E-state index in [0.717, 1.165) is 31.8 Å². The number of pyridine rings is 1. The predicted octanol–water partition coefficient (Wildman–Crippen LogP) is 2.08. The van der Waals surface area contributed by atoms with Crippen LogP contribution in [-0.4, -0.2) is 58.2 Å². The lowest BCUT2D eigenvalue weighted by atomic mass is 9.99. The fraction of sp³-hybridized carbons (Fsp3) is 0.500. The number of ether oxygens (including phenoxy) is 1. The molecule has 4 rings (SSSR count). The van der Waals surface area contributed by atoms with E-state index in [1.54, 1.807) is 17.2 Å². The first-order valence-corrected chi connectivity index (χ1v) is 9.35. The van der Waals surface area contributed by atoms with E-state index in [2.05, 4.69) is 19.9 Å². The highest BCUT2D eigenvalue weighted by molar-refractivity contribution is 6.33. The summed E-state index contributed by atoms with van der Waals surface area (Å²) < 4.78 is 7.49. The normalized spacial score (nSPS) is 19.9. The number of imidazole rings is 1. The largest absolute Gasteiger partial charge is 0.378 e. The van der Waals surface area contributed by atoms with Crippen LogP contribution in [0, 0.1) is 5.92 Å². The quantitative estimate of drug-likeness (QED) is 0.885. The molecule has 2 aromatic heterocycles. The van der Waals surface area contributed by atoms with Crippen molar-refractivity contribution in [3.05, 3.63) is 41.1 Å². The van der Waals surface area contributed by atoms with Gasteiger partial charge in [-0.1, -0.05) is 11.6 Å². The number of morpholine rings is 1. The Labute approximate surface area is 157 Å². The molecule has 0 radical (unpaired) electrons. The van der Waals surface area contributed by atoms with Crippen molar-refractivity contribution < 1.29 is 9.53 Å². The standard InChI is InChI=1S/C18H22ClN5O2/c19-15-9-14(18(25)23-5-7-26-8-6-23)11-22-17(15)21-10-13-1-2-16-20-3-4-24(16)12-13/h3-4,9,11,13H,1-2,5-8,10,12H2,(H,21,22)/t13-/m1/s1. The van der Waals surface area contributed by atoms with Gasteiger partial charge in [0.1, 0.15) is 11.6 Å². The number of aromatic nitrogens is 3. The molecule has 7 nitrogen and oxygen atoms in total. The molecule has 0 spiro atoms. The summed E-state index contributed by atoms with van der Waals surface area (Å²) in [5.74, 6) is 2.24. The summed E-state index contributed by atoms with van der Waals surface area (Å²) in [4.78, 5) is 23.0. The minimum absolute atomic E-state index is 0.0471. The Kier molecular flexibility index (Phi) is 5.08. The van der Waals surface area contributed by atoms with Crippen LogP contribution in [0.2, 0.25) is 5.02 Å². The number of nitrogens with one attached hydrogen (secondary N) is 1. The van der Waals surface area contributed by atoms with Crippen LogP contribution in [0.25, 0.3) is 0 Å². The van der Waals surface area contributed by atoms with Crippen molar-refractivity contribution in [1.29, 1.82) is 0 Å². The van der Waals surface area contributed by atoms with E-state index in [0.29, 0.717) is 48.6 Å². The van der Waals surface area contributed by atoms with Gasteiger partial charge in [-0.2, -0.15) is 0 Å². The van der Waals surface area contributed by atoms with Crippen molar-refractivity contribution in [1.82, 2.24) is 19.4 Å². The van der Waals surface area contributed by atoms with Gasteiger partial charge in [0, 0.05) is 51.2 Å². The average Bonchev–Trinajstić information content (AvgIpc) is 3.15. The lowest BCUT2D eigenvalue weighted by Crippen LogP contribution is -2.40. The number of hydrogen-bond donors (Lipinski definition) is 1. The van der Waals surface area contributed by atoms with Crippen molar-refractivity contribution in [2.75, 3.05) is 38.2 Å². The van der Waals surface area contributed by atoms with Crippen molar-refractivity contribution in [3.8, 4) is 0 Å². The zero-order chi connectivity index (χ0) is 17.9. The van der Waals surface area contributed by atoms with Crippen LogP contribution in [0.4, 0.5) is 5.82 Å². The fourth-order valence-corrected chi connectivity index (χ4v) is 3.71. The molecule has 1 saturated heterocycles. The van der Waals surface area contributed by atoms with E-state index in [1.165, 1.54) is 0 Å².